The molecule has 0 saturated heterocycles. The van der Waals surface area contributed by atoms with E-state index in [2.05, 4.69) is 4.40 Å². The Morgan fingerprint density at radius 3 is 2.29 bits per heavy atom. The van der Waals surface area contributed by atoms with Crippen LogP contribution in [0.25, 0.3) is 0 Å². The van der Waals surface area contributed by atoms with Crippen LogP contribution in [0, 0.1) is 0 Å². The summed E-state index contributed by atoms with van der Waals surface area (Å²) >= 11 is 2.62. The monoisotopic (exact) mass is 291 g/mol. The zero-order valence-corrected chi connectivity index (χ0v) is 12.2. The first-order valence-corrected chi connectivity index (χ1v) is 8.49. The number of thioether (sulfide) groups is 2. The van der Waals surface area contributed by atoms with Gasteiger partial charge in [-0.15, -0.1) is 16.2 Å². The van der Waals surface area contributed by atoms with Gasteiger partial charge in [0.15, 0.2) is 0 Å². The van der Waals surface area contributed by atoms with Crippen LogP contribution in [-0.2, 0) is 10.0 Å². The van der Waals surface area contributed by atoms with E-state index < -0.39 is 10.0 Å². The molecule has 94 valence electrons. The SMILES string of the molecule is COc1ccc(S/C(=N\S(C)(=O)=O)SC)cc1. The first kappa shape index (κ1) is 14.4. The molecular weight excluding hydrogens is 278 g/mol. The van der Waals surface area contributed by atoms with E-state index in [1.54, 1.807) is 13.4 Å². The number of ether oxygens (including phenoxy) is 1. The van der Waals surface area contributed by atoms with Crippen LogP contribution in [0.4, 0.5) is 0 Å². The van der Waals surface area contributed by atoms with Crippen LogP contribution in [0.15, 0.2) is 33.6 Å². The van der Waals surface area contributed by atoms with Gasteiger partial charge in [-0.2, -0.15) is 0 Å². The van der Waals surface area contributed by atoms with E-state index in [1.165, 1.54) is 23.5 Å². The van der Waals surface area contributed by atoms with Crippen molar-refractivity contribution in [1.82, 2.24) is 0 Å². The summed E-state index contributed by atoms with van der Waals surface area (Å²) in [5.41, 5.74) is 0. The quantitative estimate of drug-likeness (QED) is 0.486. The summed E-state index contributed by atoms with van der Waals surface area (Å²) in [7, 11) is -1.75. The summed E-state index contributed by atoms with van der Waals surface area (Å²) in [5, 5.41) is 0. The van der Waals surface area contributed by atoms with Crippen LogP contribution in [-0.4, -0.2) is 32.4 Å². The summed E-state index contributed by atoms with van der Waals surface area (Å²) in [5.74, 6) is 0.764. The van der Waals surface area contributed by atoms with Gasteiger partial charge in [0.2, 0.25) is 0 Å². The van der Waals surface area contributed by atoms with Crippen LogP contribution in [0.1, 0.15) is 0 Å². The van der Waals surface area contributed by atoms with Gasteiger partial charge in [0, 0.05) is 4.90 Å². The third kappa shape index (κ3) is 5.47. The van der Waals surface area contributed by atoms with E-state index in [9.17, 15) is 8.42 Å². The van der Waals surface area contributed by atoms with Crippen molar-refractivity contribution in [2.75, 3.05) is 19.6 Å². The zero-order valence-electron chi connectivity index (χ0n) is 9.71. The minimum absolute atomic E-state index is 0.498. The van der Waals surface area contributed by atoms with Gasteiger partial charge in [0.25, 0.3) is 10.0 Å². The van der Waals surface area contributed by atoms with Crippen molar-refractivity contribution in [3.8, 4) is 5.75 Å². The van der Waals surface area contributed by atoms with E-state index in [4.69, 9.17) is 4.74 Å². The maximum absolute atomic E-state index is 11.1. The van der Waals surface area contributed by atoms with Gasteiger partial charge < -0.3 is 4.74 Å². The molecule has 0 aromatic heterocycles. The Morgan fingerprint density at radius 1 is 1.29 bits per heavy atom. The molecule has 4 nitrogen and oxygen atoms in total. The van der Waals surface area contributed by atoms with Gasteiger partial charge in [-0.05, 0) is 30.5 Å². The molecule has 0 unspecified atom stereocenters. The Bertz CT molecular complexity index is 494. The molecule has 1 aromatic rings. The van der Waals surface area contributed by atoms with E-state index in [-0.39, 0.29) is 0 Å². The Morgan fingerprint density at radius 2 is 1.88 bits per heavy atom. The largest absolute Gasteiger partial charge is 0.497 e. The number of methoxy groups -OCH3 is 1. The molecule has 0 aliphatic heterocycles. The maximum Gasteiger partial charge on any atom is 0.251 e. The molecule has 0 bridgehead atoms. The summed E-state index contributed by atoms with van der Waals surface area (Å²) in [6, 6.07) is 7.36. The van der Waals surface area contributed by atoms with Crippen molar-refractivity contribution in [3.05, 3.63) is 24.3 Å². The number of benzene rings is 1. The first-order valence-electron chi connectivity index (χ1n) is 4.60. The number of rotatable bonds is 3. The third-order valence-corrected chi connectivity index (χ3v) is 4.39. The minimum Gasteiger partial charge on any atom is -0.497 e. The van der Waals surface area contributed by atoms with Gasteiger partial charge in [0.1, 0.15) is 10.1 Å². The second kappa shape index (κ2) is 6.32. The molecule has 0 spiro atoms. The van der Waals surface area contributed by atoms with Gasteiger partial charge in [0.05, 0.1) is 13.4 Å². The smallest absolute Gasteiger partial charge is 0.251 e. The normalized spacial score (nSPS) is 12.5. The molecule has 0 heterocycles. The van der Waals surface area contributed by atoms with Crippen molar-refractivity contribution in [1.29, 1.82) is 0 Å². The molecule has 7 heteroatoms. The Hall–Kier alpha value is -0.660. The Balaban J connectivity index is 2.84. The van der Waals surface area contributed by atoms with E-state index in [1.807, 2.05) is 24.3 Å². The highest BCUT2D eigenvalue weighted by Gasteiger charge is 2.06. The van der Waals surface area contributed by atoms with Gasteiger partial charge >= 0.3 is 0 Å². The number of nitrogens with zero attached hydrogens (tertiary/aromatic N) is 1. The van der Waals surface area contributed by atoms with E-state index >= 15 is 0 Å². The third-order valence-electron chi connectivity index (χ3n) is 1.68. The predicted molar refractivity (Wildman–Crippen MR) is 74.6 cm³/mol. The second-order valence-corrected chi connectivity index (χ2v) is 6.84. The summed E-state index contributed by atoms with van der Waals surface area (Å²) in [6.07, 6.45) is 2.87. The lowest BCUT2D eigenvalue weighted by molar-refractivity contribution is 0.414. The molecule has 0 aliphatic rings. The molecule has 1 aromatic carbocycles. The predicted octanol–water partition coefficient (Wildman–Crippen LogP) is 2.47. The highest BCUT2D eigenvalue weighted by molar-refractivity contribution is 8.39. The summed E-state index contributed by atoms with van der Waals surface area (Å²) in [4.78, 5) is 0.919. The van der Waals surface area contributed by atoms with Crippen LogP contribution < -0.4 is 4.74 Å². The molecule has 0 saturated carbocycles. The van der Waals surface area contributed by atoms with Crippen molar-refractivity contribution in [3.63, 3.8) is 0 Å². The molecule has 0 amide bonds. The maximum atomic E-state index is 11.1. The lowest BCUT2D eigenvalue weighted by Crippen LogP contribution is -1.95. The van der Waals surface area contributed by atoms with Crippen LogP contribution in [0.5, 0.6) is 5.75 Å². The molecule has 0 radical (unpaired) electrons. The van der Waals surface area contributed by atoms with Crippen LogP contribution >= 0.6 is 23.5 Å². The van der Waals surface area contributed by atoms with Crippen molar-refractivity contribution < 1.29 is 13.2 Å². The Labute approximate surface area is 110 Å². The van der Waals surface area contributed by atoms with Crippen LogP contribution in [0.3, 0.4) is 0 Å². The average molecular weight is 291 g/mol. The zero-order chi connectivity index (χ0) is 12.9. The summed E-state index contributed by atoms with van der Waals surface area (Å²) < 4.78 is 31.3. The van der Waals surface area contributed by atoms with Crippen LogP contribution in [0.2, 0.25) is 0 Å². The van der Waals surface area contributed by atoms with Crippen molar-refractivity contribution in [2.24, 2.45) is 4.40 Å². The highest BCUT2D eigenvalue weighted by atomic mass is 32.2. The fraction of sp³-hybridized carbons (Fsp3) is 0.300. The molecule has 1 rings (SSSR count). The van der Waals surface area contributed by atoms with E-state index in [0.717, 1.165) is 16.9 Å². The molecule has 0 N–H and O–H groups in total. The fourth-order valence-electron chi connectivity index (χ4n) is 0.978. The van der Waals surface area contributed by atoms with Gasteiger partial charge in [-0.3, -0.25) is 0 Å². The van der Waals surface area contributed by atoms with Gasteiger partial charge in [-0.25, -0.2) is 8.42 Å². The van der Waals surface area contributed by atoms with Crippen molar-refractivity contribution in [2.45, 2.75) is 4.90 Å². The summed E-state index contributed by atoms with van der Waals surface area (Å²) in [6.45, 7) is 0. The van der Waals surface area contributed by atoms with Crippen molar-refractivity contribution >= 4 is 37.9 Å². The average Bonchev–Trinajstić information content (AvgIpc) is 2.27. The number of hydrogen-bond donors (Lipinski definition) is 0. The molecule has 0 fully saturated rings. The second-order valence-electron chi connectivity index (χ2n) is 3.07. The Kier molecular flexibility index (Phi) is 5.35. The lowest BCUT2D eigenvalue weighted by atomic mass is 10.3. The molecular formula is C10H13NO3S3. The van der Waals surface area contributed by atoms with Gasteiger partial charge in [-0.1, -0.05) is 11.8 Å². The molecule has 0 aliphatic carbocycles. The van der Waals surface area contributed by atoms with E-state index in [0.29, 0.717) is 4.38 Å². The molecule has 17 heavy (non-hydrogen) atoms. The molecule has 0 atom stereocenters. The standard InChI is InChI=1S/C10H13NO3S3/c1-14-8-4-6-9(7-5-8)16-10(15-2)11-17(3,12)13/h4-7H,1-3H3/b11-10-. The first-order chi connectivity index (χ1) is 7.94. The highest BCUT2D eigenvalue weighted by Crippen LogP contribution is 2.27. The topological polar surface area (TPSA) is 55.7 Å². The number of hydrogen-bond acceptors (Lipinski definition) is 5. The fourth-order valence-corrected chi connectivity index (χ4v) is 3.60. The lowest BCUT2D eigenvalue weighted by Gasteiger charge is -2.03. The number of sulfonamides is 1. The minimum atomic E-state index is -3.35.